The number of pyridine rings is 1. The summed E-state index contributed by atoms with van der Waals surface area (Å²) in [6, 6.07) is 20.6. The van der Waals surface area contributed by atoms with Crippen LogP contribution in [0.5, 0.6) is 11.5 Å². The van der Waals surface area contributed by atoms with Crippen LogP contribution in [0, 0.1) is 0 Å². The fourth-order valence-electron chi connectivity index (χ4n) is 4.03. The molecule has 0 amide bonds. The lowest BCUT2D eigenvalue weighted by Gasteiger charge is -2.36. The number of ether oxygens (including phenoxy) is 2. The number of hydrogen-bond donors (Lipinski definition) is 2. The number of aromatic nitrogens is 1. The van der Waals surface area contributed by atoms with Gasteiger partial charge < -0.3 is 29.9 Å². The highest BCUT2D eigenvalue weighted by Gasteiger charge is 2.18. The number of benzene rings is 2. The SMILES string of the molecule is S=C(NCc1ccc2c(c1)OCCO2)Nc1ccc(N2CCN(c3ccccc3)CC2)nc1. The van der Waals surface area contributed by atoms with E-state index in [9.17, 15) is 0 Å². The second-order valence-corrected chi connectivity index (χ2v) is 8.41. The number of para-hydroxylation sites is 1. The molecular formula is C25H27N5O2S. The fourth-order valence-corrected chi connectivity index (χ4v) is 4.22. The molecule has 33 heavy (non-hydrogen) atoms. The minimum atomic E-state index is 0.552. The van der Waals surface area contributed by atoms with Crippen LogP contribution in [0.25, 0.3) is 0 Å². The Balaban J connectivity index is 1.10. The second kappa shape index (κ2) is 9.95. The Labute approximate surface area is 199 Å². The molecule has 0 radical (unpaired) electrons. The molecule has 0 unspecified atom stereocenters. The predicted octanol–water partition coefficient (Wildman–Crippen LogP) is 3.67. The van der Waals surface area contributed by atoms with Gasteiger partial charge >= 0.3 is 0 Å². The number of nitrogens with one attached hydrogen (secondary N) is 2. The molecule has 0 spiro atoms. The maximum absolute atomic E-state index is 5.64. The van der Waals surface area contributed by atoms with Gasteiger partial charge in [-0.3, -0.25) is 0 Å². The van der Waals surface area contributed by atoms with Crippen molar-refractivity contribution >= 4 is 34.5 Å². The van der Waals surface area contributed by atoms with Crippen LogP contribution in [0.15, 0.2) is 66.9 Å². The van der Waals surface area contributed by atoms with Crippen LogP contribution in [-0.2, 0) is 6.54 Å². The van der Waals surface area contributed by atoms with Crippen LogP contribution in [0.1, 0.15) is 5.56 Å². The van der Waals surface area contributed by atoms with Crippen molar-refractivity contribution < 1.29 is 9.47 Å². The van der Waals surface area contributed by atoms with E-state index >= 15 is 0 Å². The molecule has 0 bridgehead atoms. The molecule has 0 aliphatic carbocycles. The molecular weight excluding hydrogens is 434 g/mol. The Hall–Kier alpha value is -3.52. The van der Waals surface area contributed by atoms with E-state index in [0.717, 1.165) is 54.7 Å². The molecule has 1 aromatic heterocycles. The molecule has 2 N–H and O–H groups in total. The van der Waals surface area contributed by atoms with Gasteiger partial charge in [0.15, 0.2) is 16.6 Å². The zero-order valence-corrected chi connectivity index (χ0v) is 19.2. The lowest BCUT2D eigenvalue weighted by atomic mass is 10.2. The molecule has 3 heterocycles. The maximum Gasteiger partial charge on any atom is 0.171 e. The van der Waals surface area contributed by atoms with E-state index < -0.39 is 0 Å². The van der Waals surface area contributed by atoms with E-state index in [2.05, 4.69) is 55.7 Å². The largest absolute Gasteiger partial charge is 0.486 e. The number of hydrogen-bond acceptors (Lipinski definition) is 6. The van der Waals surface area contributed by atoms with Crippen LogP contribution in [0.3, 0.4) is 0 Å². The van der Waals surface area contributed by atoms with Crippen LogP contribution in [0.2, 0.25) is 0 Å². The van der Waals surface area contributed by atoms with E-state index in [-0.39, 0.29) is 0 Å². The van der Waals surface area contributed by atoms with Crippen molar-refractivity contribution in [3.05, 3.63) is 72.4 Å². The summed E-state index contributed by atoms with van der Waals surface area (Å²) in [5, 5.41) is 6.99. The summed E-state index contributed by atoms with van der Waals surface area (Å²) in [7, 11) is 0. The van der Waals surface area contributed by atoms with Crippen LogP contribution in [0.4, 0.5) is 17.2 Å². The third-order valence-corrected chi connectivity index (χ3v) is 6.04. The first-order valence-electron chi connectivity index (χ1n) is 11.2. The zero-order chi connectivity index (χ0) is 22.5. The van der Waals surface area contributed by atoms with E-state index in [1.165, 1.54) is 5.69 Å². The predicted molar refractivity (Wildman–Crippen MR) is 136 cm³/mol. The standard InChI is InChI=1S/C25H27N5O2S/c33-25(27-17-19-6-8-22-23(16-19)32-15-14-31-22)28-20-7-9-24(26-18-20)30-12-10-29(11-13-30)21-4-2-1-3-5-21/h1-9,16,18H,10-15,17H2,(H2,27,28,33). The van der Waals surface area contributed by atoms with Crippen LogP contribution in [-0.4, -0.2) is 49.5 Å². The normalized spacial score (nSPS) is 15.2. The second-order valence-electron chi connectivity index (χ2n) is 8.00. The Morgan fingerprint density at radius 2 is 1.64 bits per heavy atom. The molecule has 7 nitrogen and oxygen atoms in total. The Kier molecular flexibility index (Phi) is 6.44. The van der Waals surface area contributed by atoms with Gasteiger partial charge in [0, 0.05) is 38.4 Å². The van der Waals surface area contributed by atoms with E-state index in [4.69, 9.17) is 21.7 Å². The highest BCUT2D eigenvalue weighted by molar-refractivity contribution is 7.80. The molecule has 2 aromatic carbocycles. The molecule has 5 rings (SSSR count). The molecule has 0 atom stereocenters. The highest BCUT2D eigenvalue weighted by Crippen LogP contribution is 2.30. The fraction of sp³-hybridized carbons (Fsp3) is 0.280. The number of rotatable bonds is 5. The Bertz CT molecular complexity index is 1090. The van der Waals surface area contributed by atoms with Crippen molar-refractivity contribution in [1.29, 1.82) is 0 Å². The van der Waals surface area contributed by atoms with Gasteiger partial charge in [-0.25, -0.2) is 4.98 Å². The van der Waals surface area contributed by atoms with Crippen molar-refractivity contribution in [3.8, 4) is 11.5 Å². The summed E-state index contributed by atoms with van der Waals surface area (Å²) < 4.78 is 11.2. The first-order valence-corrected chi connectivity index (χ1v) is 11.6. The molecule has 1 saturated heterocycles. The van der Waals surface area contributed by atoms with Gasteiger partial charge in [-0.2, -0.15) is 0 Å². The number of piperazine rings is 1. The van der Waals surface area contributed by atoms with E-state index in [1.54, 1.807) is 0 Å². The summed E-state index contributed by atoms with van der Waals surface area (Å²) in [4.78, 5) is 9.38. The van der Waals surface area contributed by atoms with Gasteiger partial charge in [-0.1, -0.05) is 24.3 Å². The van der Waals surface area contributed by atoms with Gasteiger partial charge in [0.2, 0.25) is 0 Å². The minimum absolute atomic E-state index is 0.552. The minimum Gasteiger partial charge on any atom is -0.486 e. The molecule has 8 heteroatoms. The Morgan fingerprint density at radius 1 is 0.879 bits per heavy atom. The molecule has 2 aliphatic rings. The van der Waals surface area contributed by atoms with Crippen molar-refractivity contribution in [2.75, 3.05) is 54.5 Å². The van der Waals surface area contributed by atoms with Gasteiger partial charge in [-0.05, 0) is 54.2 Å². The topological polar surface area (TPSA) is 61.9 Å². The summed E-state index contributed by atoms with van der Waals surface area (Å²) in [5.41, 5.74) is 3.22. The van der Waals surface area contributed by atoms with E-state index in [0.29, 0.717) is 24.9 Å². The Morgan fingerprint density at radius 3 is 2.39 bits per heavy atom. The molecule has 3 aromatic rings. The van der Waals surface area contributed by atoms with Gasteiger partial charge in [0.25, 0.3) is 0 Å². The monoisotopic (exact) mass is 461 g/mol. The average Bonchev–Trinajstić information content (AvgIpc) is 2.88. The van der Waals surface area contributed by atoms with Crippen molar-refractivity contribution in [1.82, 2.24) is 10.3 Å². The lowest BCUT2D eigenvalue weighted by Crippen LogP contribution is -2.46. The van der Waals surface area contributed by atoms with Crippen LogP contribution < -0.4 is 29.9 Å². The average molecular weight is 462 g/mol. The number of thiocarbonyl (C=S) groups is 1. The van der Waals surface area contributed by atoms with Gasteiger partial charge in [-0.15, -0.1) is 0 Å². The number of fused-ring (bicyclic) bond motifs is 1. The summed E-state index contributed by atoms with van der Waals surface area (Å²) in [5.74, 6) is 2.56. The van der Waals surface area contributed by atoms with E-state index in [1.807, 2.05) is 36.5 Å². The third kappa shape index (κ3) is 5.28. The molecule has 2 aliphatic heterocycles. The first-order chi connectivity index (χ1) is 16.2. The number of anilines is 3. The van der Waals surface area contributed by atoms with Crippen molar-refractivity contribution in [2.45, 2.75) is 6.54 Å². The van der Waals surface area contributed by atoms with Gasteiger partial charge in [0.05, 0.1) is 11.9 Å². The number of nitrogens with zero attached hydrogens (tertiary/aromatic N) is 3. The smallest absolute Gasteiger partial charge is 0.171 e. The molecule has 0 saturated carbocycles. The summed E-state index contributed by atoms with van der Waals surface area (Å²) >= 11 is 5.45. The first kappa shape index (κ1) is 21.3. The summed E-state index contributed by atoms with van der Waals surface area (Å²) in [6.07, 6.45) is 1.83. The molecule has 1 fully saturated rings. The highest BCUT2D eigenvalue weighted by atomic mass is 32.1. The van der Waals surface area contributed by atoms with Crippen molar-refractivity contribution in [2.24, 2.45) is 0 Å². The molecule has 170 valence electrons. The van der Waals surface area contributed by atoms with Crippen LogP contribution >= 0.6 is 12.2 Å². The quantitative estimate of drug-likeness (QED) is 0.558. The zero-order valence-electron chi connectivity index (χ0n) is 18.4. The third-order valence-electron chi connectivity index (χ3n) is 5.79. The van der Waals surface area contributed by atoms with Gasteiger partial charge in [0.1, 0.15) is 19.0 Å². The maximum atomic E-state index is 5.64. The lowest BCUT2D eigenvalue weighted by molar-refractivity contribution is 0.171. The summed E-state index contributed by atoms with van der Waals surface area (Å²) in [6.45, 7) is 5.64. The van der Waals surface area contributed by atoms with Crippen molar-refractivity contribution in [3.63, 3.8) is 0 Å².